The normalized spacial score (nSPS) is 10.7. The van der Waals surface area contributed by atoms with E-state index in [2.05, 4.69) is 144 Å². The van der Waals surface area contributed by atoms with Gasteiger partial charge in [0.15, 0.2) is 0 Å². The topological polar surface area (TPSA) is 48.1 Å². The van der Waals surface area contributed by atoms with Crippen molar-refractivity contribution >= 4 is 45.5 Å². The molecule has 0 saturated carbocycles. The van der Waals surface area contributed by atoms with Gasteiger partial charge in [-0.3, -0.25) is 0 Å². The molecule has 4 nitrogen and oxygen atoms in total. The van der Waals surface area contributed by atoms with Gasteiger partial charge in [-0.1, -0.05) is 60.7 Å². The maximum atomic E-state index is 3.54. The zero-order valence-corrected chi connectivity index (χ0v) is 24.6. The summed E-state index contributed by atoms with van der Waals surface area (Å²) >= 11 is 0. The van der Waals surface area contributed by atoms with Gasteiger partial charge in [0.2, 0.25) is 0 Å². The zero-order chi connectivity index (χ0) is 29.4. The molecule has 0 aliphatic heterocycles. The Kier molecular flexibility index (Phi) is 8.37. The van der Waals surface area contributed by atoms with Crippen molar-refractivity contribution in [1.29, 1.82) is 0 Å². The van der Waals surface area contributed by atoms with E-state index in [1.54, 1.807) is 0 Å². The van der Waals surface area contributed by atoms with Gasteiger partial charge in [-0.2, -0.15) is 0 Å². The molecule has 0 unspecified atom stereocenters. The molecule has 6 aromatic carbocycles. The molecule has 0 aliphatic rings. The second-order valence-electron chi connectivity index (χ2n) is 10.9. The van der Waals surface area contributed by atoms with E-state index < -0.39 is 0 Å². The minimum atomic E-state index is 0.887. The summed E-state index contributed by atoms with van der Waals surface area (Å²) in [4.78, 5) is 0. The van der Waals surface area contributed by atoms with Crippen molar-refractivity contribution in [2.75, 3.05) is 21.3 Å². The smallest absolute Gasteiger partial charge is 0.0415 e. The Labute approximate surface area is 254 Å². The van der Waals surface area contributed by atoms with Gasteiger partial charge in [0.25, 0.3) is 0 Å². The predicted molar refractivity (Wildman–Crippen MR) is 184 cm³/mol. The first-order chi connectivity index (χ1) is 21.1. The van der Waals surface area contributed by atoms with Crippen LogP contribution < -0.4 is 21.3 Å². The first-order valence-corrected chi connectivity index (χ1v) is 14.6. The molecule has 43 heavy (non-hydrogen) atoms. The third-order valence-electron chi connectivity index (χ3n) is 7.45. The molecule has 0 spiro atoms. The zero-order valence-electron chi connectivity index (χ0n) is 24.6. The summed E-state index contributed by atoms with van der Waals surface area (Å²) in [7, 11) is 0. The van der Waals surface area contributed by atoms with Gasteiger partial charge < -0.3 is 21.3 Å². The molecule has 0 atom stereocenters. The lowest BCUT2D eigenvalue weighted by molar-refractivity contribution is 1.19. The van der Waals surface area contributed by atoms with Crippen LogP contribution in [0.1, 0.15) is 22.3 Å². The molecule has 0 aliphatic carbocycles. The van der Waals surface area contributed by atoms with Crippen LogP contribution in [-0.2, 0) is 6.42 Å². The minimum Gasteiger partial charge on any atom is -0.356 e. The summed E-state index contributed by atoms with van der Waals surface area (Å²) in [5.41, 5.74) is 13.6. The van der Waals surface area contributed by atoms with Crippen molar-refractivity contribution in [2.45, 2.75) is 20.3 Å². The number of anilines is 8. The van der Waals surface area contributed by atoms with Gasteiger partial charge in [-0.05, 0) is 127 Å². The van der Waals surface area contributed by atoms with Crippen molar-refractivity contribution in [3.05, 3.63) is 168 Å². The Morgan fingerprint density at radius 1 is 0.349 bits per heavy atom. The van der Waals surface area contributed by atoms with Crippen molar-refractivity contribution in [2.24, 2.45) is 0 Å². The van der Waals surface area contributed by atoms with E-state index >= 15 is 0 Å². The Bertz CT molecular complexity index is 1640. The van der Waals surface area contributed by atoms with Crippen molar-refractivity contribution < 1.29 is 0 Å². The minimum absolute atomic E-state index is 0.887. The fourth-order valence-corrected chi connectivity index (χ4v) is 5.10. The van der Waals surface area contributed by atoms with E-state index in [-0.39, 0.29) is 0 Å². The van der Waals surface area contributed by atoms with Gasteiger partial charge in [-0.25, -0.2) is 0 Å². The molecule has 6 aromatic rings. The van der Waals surface area contributed by atoms with Gasteiger partial charge in [0.05, 0.1) is 0 Å². The first kappa shape index (κ1) is 27.7. The summed E-state index contributed by atoms with van der Waals surface area (Å²) < 4.78 is 0. The maximum Gasteiger partial charge on any atom is 0.0415 e. The van der Waals surface area contributed by atoms with E-state index in [0.29, 0.717) is 0 Å². The molecule has 212 valence electrons. The second kappa shape index (κ2) is 13.0. The quantitative estimate of drug-likeness (QED) is 0.135. The van der Waals surface area contributed by atoms with Crippen LogP contribution in [0, 0.1) is 13.8 Å². The first-order valence-electron chi connectivity index (χ1n) is 14.6. The number of rotatable bonds is 10. The van der Waals surface area contributed by atoms with Crippen LogP contribution >= 0.6 is 0 Å². The van der Waals surface area contributed by atoms with E-state index in [9.17, 15) is 0 Å². The van der Waals surface area contributed by atoms with Crippen LogP contribution in [0.5, 0.6) is 0 Å². The standard InChI is InChI=1S/C39H36N4/c1-28-25-36(21-23-38(28)42-32-9-5-3-6-10-32)40-34-17-13-30(14-18-34)27-31-15-19-35(20-16-31)41-37-22-24-39(29(2)26-37)43-33-11-7-4-8-12-33/h3-26,40-43H,27H2,1-2H3. The van der Waals surface area contributed by atoms with Crippen LogP contribution in [-0.4, -0.2) is 0 Å². The summed E-state index contributed by atoms with van der Waals surface area (Å²) in [6.45, 7) is 4.25. The molecule has 0 saturated heterocycles. The number of aryl methyl sites for hydroxylation is 2. The number of hydrogen-bond acceptors (Lipinski definition) is 4. The van der Waals surface area contributed by atoms with E-state index in [4.69, 9.17) is 0 Å². The van der Waals surface area contributed by atoms with Crippen molar-refractivity contribution in [3.63, 3.8) is 0 Å². The summed E-state index contributed by atoms with van der Waals surface area (Å²) in [5.74, 6) is 0. The number of para-hydroxylation sites is 2. The molecule has 6 rings (SSSR count). The monoisotopic (exact) mass is 560 g/mol. The third-order valence-corrected chi connectivity index (χ3v) is 7.45. The largest absolute Gasteiger partial charge is 0.356 e. The van der Waals surface area contributed by atoms with Crippen molar-refractivity contribution in [3.8, 4) is 0 Å². The maximum absolute atomic E-state index is 3.54. The highest BCUT2D eigenvalue weighted by Gasteiger charge is 2.05. The van der Waals surface area contributed by atoms with Crippen LogP contribution in [0.2, 0.25) is 0 Å². The van der Waals surface area contributed by atoms with Crippen LogP contribution in [0.25, 0.3) is 0 Å². The molecule has 4 heteroatoms. The molecular weight excluding hydrogens is 524 g/mol. The molecule has 0 fully saturated rings. The highest BCUT2D eigenvalue weighted by Crippen LogP contribution is 2.28. The van der Waals surface area contributed by atoms with E-state index in [1.165, 1.54) is 22.3 Å². The summed E-state index contributed by atoms with van der Waals surface area (Å²) in [5, 5.41) is 14.0. The summed E-state index contributed by atoms with van der Waals surface area (Å²) in [6.07, 6.45) is 0.887. The predicted octanol–water partition coefficient (Wildman–Crippen LogP) is 10.9. The van der Waals surface area contributed by atoms with E-state index in [1.807, 2.05) is 36.4 Å². The van der Waals surface area contributed by atoms with Crippen LogP contribution in [0.4, 0.5) is 45.5 Å². The SMILES string of the molecule is Cc1cc(Nc2ccc(Cc3ccc(Nc4ccc(Nc5ccccc5)c(C)c4)cc3)cc2)ccc1Nc1ccccc1. The van der Waals surface area contributed by atoms with Crippen LogP contribution in [0.15, 0.2) is 146 Å². The lowest BCUT2D eigenvalue weighted by Gasteiger charge is -2.13. The molecule has 0 heterocycles. The van der Waals surface area contributed by atoms with Gasteiger partial charge >= 0.3 is 0 Å². The number of benzene rings is 6. The highest BCUT2D eigenvalue weighted by molar-refractivity contribution is 5.70. The fourth-order valence-electron chi connectivity index (χ4n) is 5.10. The molecule has 0 aromatic heterocycles. The molecule has 0 bridgehead atoms. The van der Waals surface area contributed by atoms with Gasteiger partial charge in [0, 0.05) is 45.5 Å². The molecule has 0 amide bonds. The average Bonchev–Trinajstić information content (AvgIpc) is 3.03. The number of nitrogens with one attached hydrogen (secondary N) is 4. The average molecular weight is 561 g/mol. The molecule has 0 radical (unpaired) electrons. The van der Waals surface area contributed by atoms with Gasteiger partial charge in [0.1, 0.15) is 0 Å². The molecular formula is C39H36N4. The molecule has 4 N–H and O–H groups in total. The second-order valence-corrected chi connectivity index (χ2v) is 10.9. The van der Waals surface area contributed by atoms with Crippen molar-refractivity contribution in [1.82, 2.24) is 0 Å². The Morgan fingerprint density at radius 3 is 1.07 bits per heavy atom. The number of hydrogen-bond donors (Lipinski definition) is 4. The third kappa shape index (κ3) is 7.43. The lowest BCUT2D eigenvalue weighted by Crippen LogP contribution is -1.96. The lowest BCUT2D eigenvalue weighted by atomic mass is 10.0. The van der Waals surface area contributed by atoms with Crippen LogP contribution in [0.3, 0.4) is 0 Å². The van der Waals surface area contributed by atoms with E-state index in [0.717, 1.165) is 51.9 Å². The Morgan fingerprint density at radius 2 is 0.698 bits per heavy atom. The Balaban J connectivity index is 1.02. The highest BCUT2D eigenvalue weighted by atomic mass is 14.9. The summed E-state index contributed by atoms with van der Waals surface area (Å²) in [6, 6.07) is 50.7. The fraction of sp³-hybridized carbons (Fsp3) is 0.0769. The van der Waals surface area contributed by atoms with Gasteiger partial charge in [-0.15, -0.1) is 0 Å². The Hall–Kier alpha value is -5.48.